The highest BCUT2D eigenvalue weighted by molar-refractivity contribution is 7.15. The van der Waals surface area contributed by atoms with Crippen LogP contribution in [0.5, 0.6) is 5.19 Å². The topological polar surface area (TPSA) is 48.4 Å². The summed E-state index contributed by atoms with van der Waals surface area (Å²) in [5.41, 5.74) is 0. The standard InChI is InChI=1S/C13H18ClNO3S/c1-7-4-8(2)6-9(5-7)18-13-15-11(14)10(19-13)12(16)17-3/h7-9H,4-6H2,1-3H3. The molecule has 1 aliphatic carbocycles. The number of carbonyl (C=O) groups is 1. The van der Waals surface area contributed by atoms with Crippen LogP contribution in [0.2, 0.25) is 5.15 Å². The van der Waals surface area contributed by atoms with Crippen LogP contribution >= 0.6 is 22.9 Å². The van der Waals surface area contributed by atoms with E-state index in [0.717, 1.165) is 24.2 Å². The molecule has 1 fully saturated rings. The summed E-state index contributed by atoms with van der Waals surface area (Å²) >= 11 is 7.06. The molecule has 0 N–H and O–H groups in total. The summed E-state index contributed by atoms with van der Waals surface area (Å²) in [5.74, 6) is 0.844. The van der Waals surface area contributed by atoms with Crippen molar-refractivity contribution < 1.29 is 14.3 Å². The first-order chi connectivity index (χ1) is 8.99. The van der Waals surface area contributed by atoms with Gasteiger partial charge >= 0.3 is 5.97 Å². The van der Waals surface area contributed by atoms with Gasteiger partial charge < -0.3 is 9.47 Å². The number of ether oxygens (including phenoxy) is 2. The molecular weight excluding hydrogens is 286 g/mol. The Balaban J connectivity index is 2.05. The Hall–Kier alpha value is -0.810. The molecule has 19 heavy (non-hydrogen) atoms. The van der Waals surface area contributed by atoms with Gasteiger partial charge in [0.2, 0.25) is 0 Å². The van der Waals surface area contributed by atoms with E-state index in [2.05, 4.69) is 23.6 Å². The number of carbonyl (C=O) groups excluding carboxylic acids is 1. The first-order valence-electron chi connectivity index (χ1n) is 6.40. The second-order valence-electron chi connectivity index (χ2n) is 5.25. The van der Waals surface area contributed by atoms with Gasteiger partial charge in [-0.3, -0.25) is 0 Å². The summed E-state index contributed by atoms with van der Waals surface area (Å²) in [5, 5.41) is 0.612. The maximum atomic E-state index is 11.5. The summed E-state index contributed by atoms with van der Waals surface area (Å²) in [4.78, 5) is 15.8. The van der Waals surface area contributed by atoms with E-state index in [9.17, 15) is 4.79 Å². The van der Waals surface area contributed by atoms with E-state index >= 15 is 0 Å². The van der Waals surface area contributed by atoms with Crippen molar-refractivity contribution in [1.82, 2.24) is 4.98 Å². The fourth-order valence-corrected chi connectivity index (χ4v) is 3.78. The van der Waals surface area contributed by atoms with E-state index in [1.165, 1.54) is 13.5 Å². The van der Waals surface area contributed by atoms with Crippen LogP contribution in [0.15, 0.2) is 0 Å². The monoisotopic (exact) mass is 303 g/mol. The van der Waals surface area contributed by atoms with Crippen molar-refractivity contribution in [1.29, 1.82) is 0 Å². The largest absolute Gasteiger partial charge is 0.467 e. The molecule has 1 heterocycles. The molecule has 0 radical (unpaired) electrons. The lowest BCUT2D eigenvalue weighted by molar-refractivity contribution is 0.0606. The molecule has 6 heteroatoms. The minimum absolute atomic E-state index is 0.156. The van der Waals surface area contributed by atoms with Crippen molar-refractivity contribution in [2.45, 2.75) is 39.2 Å². The molecule has 2 atom stereocenters. The summed E-state index contributed by atoms with van der Waals surface area (Å²) < 4.78 is 10.5. The molecule has 1 aromatic heterocycles. The maximum absolute atomic E-state index is 11.5. The summed E-state index contributed by atoms with van der Waals surface area (Å²) in [7, 11) is 1.32. The molecule has 4 nitrogen and oxygen atoms in total. The van der Waals surface area contributed by atoms with Crippen LogP contribution in [0.3, 0.4) is 0 Å². The molecule has 1 saturated carbocycles. The molecule has 1 aromatic rings. The van der Waals surface area contributed by atoms with Crippen molar-refractivity contribution in [3.63, 3.8) is 0 Å². The molecule has 0 saturated heterocycles. The summed E-state index contributed by atoms with van der Waals surface area (Å²) in [6.07, 6.45) is 3.45. The van der Waals surface area contributed by atoms with Gasteiger partial charge in [-0.1, -0.05) is 36.8 Å². The van der Waals surface area contributed by atoms with Gasteiger partial charge in [0.05, 0.1) is 7.11 Å². The van der Waals surface area contributed by atoms with Crippen LogP contribution in [0.1, 0.15) is 42.8 Å². The Morgan fingerprint density at radius 2 is 1.95 bits per heavy atom. The zero-order valence-electron chi connectivity index (χ0n) is 11.3. The van der Waals surface area contributed by atoms with E-state index in [1.807, 2.05) is 0 Å². The number of rotatable bonds is 3. The van der Waals surface area contributed by atoms with Crippen LogP contribution < -0.4 is 4.74 Å². The first kappa shape index (κ1) is 14.6. The molecule has 0 amide bonds. The van der Waals surface area contributed by atoms with Crippen LogP contribution in [0, 0.1) is 11.8 Å². The highest BCUT2D eigenvalue weighted by Crippen LogP contribution is 2.34. The van der Waals surface area contributed by atoms with Gasteiger partial charge in [-0.15, -0.1) is 0 Å². The number of esters is 1. The van der Waals surface area contributed by atoms with Gasteiger partial charge in [0.15, 0.2) is 10.0 Å². The Morgan fingerprint density at radius 3 is 2.53 bits per heavy atom. The maximum Gasteiger partial charge on any atom is 0.351 e. The Labute approximate surface area is 122 Å². The lowest BCUT2D eigenvalue weighted by Gasteiger charge is -2.30. The van der Waals surface area contributed by atoms with Gasteiger partial charge in [0, 0.05) is 0 Å². The van der Waals surface area contributed by atoms with Gasteiger partial charge in [-0.25, -0.2) is 4.79 Å². The van der Waals surface area contributed by atoms with Gasteiger partial charge in [0.25, 0.3) is 5.19 Å². The highest BCUT2D eigenvalue weighted by Gasteiger charge is 2.27. The predicted octanol–water partition coefficient (Wildman–Crippen LogP) is 3.79. The molecule has 0 spiro atoms. The van der Waals surface area contributed by atoms with E-state index in [4.69, 9.17) is 16.3 Å². The first-order valence-corrected chi connectivity index (χ1v) is 7.60. The van der Waals surface area contributed by atoms with Gasteiger partial charge in [-0.2, -0.15) is 4.98 Å². The van der Waals surface area contributed by atoms with Crippen molar-refractivity contribution in [2.24, 2.45) is 11.8 Å². The Morgan fingerprint density at radius 1 is 1.32 bits per heavy atom. The van der Waals surface area contributed by atoms with Crippen molar-refractivity contribution in [2.75, 3.05) is 7.11 Å². The SMILES string of the molecule is COC(=O)c1sc(OC2CC(C)CC(C)C2)nc1Cl. The number of thiazole rings is 1. The number of hydrogen-bond acceptors (Lipinski definition) is 5. The van der Waals surface area contributed by atoms with E-state index in [-0.39, 0.29) is 11.3 Å². The number of aromatic nitrogens is 1. The summed E-state index contributed by atoms with van der Waals surface area (Å²) in [6.45, 7) is 4.47. The van der Waals surface area contributed by atoms with Gasteiger partial charge in [-0.05, 0) is 31.1 Å². The van der Waals surface area contributed by atoms with Crippen molar-refractivity contribution in [3.05, 3.63) is 10.0 Å². The predicted molar refractivity (Wildman–Crippen MR) is 75.1 cm³/mol. The van der Waals surface area contributed by atoms with E-state index < -0.39 is 5.97 Å². The molecule has 0 aromatic carbocycles. The molecule has 2 rings (SSSR count). The third-order valence-corrected chi connectivity index (χ3v) is 4.65. The normalized spacial score (nSPS) is 27.1. The van der Waals surface area contributed by atoms with Crippen molar-refractivity contribution in [3.8, 4) is 5.19 Å². The van der Waals surface area contributed by atoms with Crippen LogP contribution in [0.25, 0.3) is 0 Å². The fourth-order valence-electron chi connectivity index (χ4n) is 2.66. The molecule has 0 bridgehead atoms. The smallest absolute Gasteiger partial charge is 0.351 e. The zero-order chi connectivity index (χ0) is 14.0. The third kappa shape index (κ3) is 3.60. The molecule has 1 aliphatic rings. The van der Waals surface area contributed by atoms with Crippen molar-refractivity contribution >= 4 is 28.9 Å². The Kier molecular flexibility index (Phi) is 4.68. The lowest BCUT2D eigenvalue weighted by Crippen LogP contribution is -2.28. The van der Waals surface area contributed by atoms with Crippen LogP contribution in [0.4, 0.5) is 0 Å². The molecule has 2 unspecified atom stereocenters. The van der Waals surface area contributed by atoms with Crippen LogP contribution in [-0.4, -0.2) is 24.2 Å². The fraction of sp³-hybridized carbons (Fsp3) is 0.692. The van der Waals surface area contributed by atoms with Gasteiger partial charge in [0.1, 0.15) is 6.10 Å². The minimum atomic E-state index is -0.470. The number of nitrogens with zero attached hydrogens (tertiary/aromatic N) is 1. The quantitative estimate of drug-likeness (QED) is 0.797. The number of hydrogen-bond donors (Lipinski definition) is 0. The number of methoxy groups -OCH3 is 1. The molecular formula is C13H18ClNO3S. The molecule has 106 valence electrons. The second-order valence-corrected chi connectivity index (χ2v) is 6.57. The summed E-state index contributed by atoms with van der Waals surface area (Å²) in [6, 6.07) is 0. The molecule has 0 aliphatic heterocycles. The minimum Gasteiger partial charge on any atom is -0.467 e. The highest BCUT2D eigenvalue weighted by atomic mass is 35.5. The average molecular weight is 304 g/mol. The third-order valence-electron chi connectivity index (χ3n) is 3.34. The Bertz CT molecular complexity index is 453. The zero-order valence-corrected chi connectivity index (χ0v) is 12.9. The lowest BCUT2D eigenvalue weighted by atomic mass is 9.82. The number of halogens is 1. The second kappa shape index (κ2) is 6.09. The van der Waals surface area contributed by atoms with Crippen LogP contribution in [-0.2, 0) is 4.74 Å². The van der Waals surface area contributed by atoms with E-state index in [0.29, 0.717) is 21.9 Å². The average Bonchev–Trinajstić information content (AvgIpc) is 2.68. The van der Waals surface area contributed by atoms with E-state index in [1.54, 1.807) is 0 Å².